The van der Waals surface area contributed by atoms with Crippen LogP contribution in [0.1, 0.15) is 19.3 Å². The van der Waals surface area contributed by atoms with Gasteiger partial charge in [-0.15, -0.1) is 0 Å². The summed E-state index contributed by atoms with van der Waals surface area (Å²) in [5.41, 5.74) is 5.09. The van der Waals surface area contributed by atoms with Gasteiger partial charge in [-0.1, -0.05) is 0 Å². The third-order valence-electron chi connectivity index (χ3n) is 1.27. The average Bonchev–Trinajstić information content (AvgIpc) is 2.03. The highest BCUT2D eigenvalue weighted by Crippen LogP contribution is 2.16. The van der Waals surface area contributed by atoms with Crippen molar-refractivity contribution >= 4 is 11.9 Å². The molecule has 0 saturated carbocycles. The number of hydrogen-bond donors (Lipinski definition) is 1. The third kappa shape index (κ3) is 5.52. The second-order valence-corrected chi connectivity index (χ2v) is 2.51. The molecule has 0 aromatic rings. The molecule has 0 spiro atoms. The van der Waals surface area contributed by atoms with E-state index in [0.717, 1.165) is 0 Å². The molecule has 7 heteroatoms. The van der Waals surface area contributed by atoms with Crippen LogP contribution in [0.15, 0.2) is 0 Å². The largest absolute Gasteiger partial charge is 0.491 e. The molecule has 0 aliphatic carbocycles. The molecule has 0 aliphatic rings. The molecule has 0 amide bonds. The van der Waals surface area contributed by atoms with E-state index in [4.69, 9.17) is 5.73 Å². The molecule has 0 atom stereocenters. The fraction of sp³-hybridized carbons (Fsp3) is 0.714. The monoisotopic (exact) mass is 213 g/mol. The minimum atomic E-state index is -5.12. The Labute approximate surface area is 78.2 Å². The second-order valence-electron chi connectivity index (χ2n) is 2.51. The molecule has 0 heterocycles. The number of nitrogens with two attached hydrogens (primary N) is 1. The van der Waals surface area contributed by atoms with Gasteiger partial charge in [0.2, 0.25) is 0 Å². The normalized spacial score (nSPS) is 11.1. The topological polar surface area (TPSA) is 69.4 Å². The van der Waals surface area contributed by atoms with Gasteiger partial charge in [0, 0.05) is 6.42 Å². The van der Waals surface area contributed by atoms with Crippen LogP contribution in [0.5, 0.6) is 0 Å². The third-order valence-corrected chi connectivity index (χ3v) is 1.27. The lowest BCUT2D eigenvalue weighted by molar-refractivity contribution is -0.201. The number of ether oxygens (including phenoxy) is 1. The zero-order chi connectivity index (χ0) is 11.2. The number of carbonyl (C=O) groups is 2. The maximum Gasteiger partial charge on any atom is 0.491 e. The van der Waals surface area contributed by atoms with Crippen LogP contribution in [-0.2, 0) is 14.3 Å². The van der Waals surface area contributed by atoms with Gasteiger partial charge in [0.25, 0.3) is 0 Å². The van der Waals surface area contributed by atoms with E-state index in [1.54, 1.807) is 0 Å². The van der Waals surface area contributed by atoms with Crippen LogP contribution in [-0.4, -0.2) is 24.7 Å². The van der Waals surface area contributed by atoms with Gasteiger partial charge in [-0.3, -0.25) is 4.79 Å². The van der Waals surface area contributed by atoms with Gasteiger partial charge in [-0.05, 0) is 19.4 Å². The summed E-state index contributed by atoms with van der Waals surface area (Å²) in [5.74, 6) is -3.66. The Morgan fingerprint density at radius 3 is 2.21 bits per heavy atom. The van der Waals surface area contributed by atoms with E-state index in [9.17, 15) is 22.8 Å². The lowest BCUT2D eigenvalue weighted by Gasteiger charge is -2.04. The van der Waals surface area contributed by atoms with Crippen molar-refractivity contribution in [1.29, 1.82) is 0 Å². The predicted octanol–water partition coefficient (Wildman–Crippen LogP) is 0.747. The highest BCUT2D eigenvalue weighted by Gasteiger charge is 2.42. The fourth-order valence-electron chi connectivity index (χ4n) is 0.626. The Balaban J connectivity index is 3.78. The van der Waals surface area contributed by atoms with Gasteiger partial charge < -0.3 is 10.5 Å². The van der Waals surface area contributed by atoms with E-state index >= 15 is 0 Å². The lowest BCUT2D eigenvalue weighted by atomic mass is 10.2. The van der Waals surface area contributed by atoms with Crippen LogP contribution in [0.2, 0.25) is 0 Å². The summed E-state index contributed by atoms with van der Waals surface area (Å²) in [6.07, 6.45) is -4.56. The molecule has 0 radical (unpaired) electrons. The molecule has 0 fully saturated rings. The summed E-state index contributed by atoms with van der Waals surface area (Å²) >= 11 is 0. The molecule has 0 aliphatic heterocycles. The first-order chi connectivity index (χ1) is 6.38. The van der Waals surface area contributed by atoms with Crippen molar-refractivity contribution in [1.82, 2.24) is 0 Å². The van der Waals surface area contributed by atoms with Gasteiger partial charge in [0.15, 0.2) is 0 Å². The number of esters is 2. The van der Waals surface area contributed by atoms with Crippen molar-refractivity contribution in [3.8, 4) is 0 Å². The van der Waals surface area contributed by atoms with E-state index in [1.807, 2.05) is 0 Å². The first-order valence-corrected chi connectivity index (χ1v) is 3.90. The van der Waals surface area contributed by atoms with Crippen LogP contribution >= 0.6 is 0 Å². The standard InChI is InChI=1S/C7H10F3NO3/c8-7(9,10)6(13)14-5(12)3-1-2-4-11/h1-4,11H2. The number of alkyl halides is 3. The average molecular weight is 213 g/mol. The number of hydrogen-bond acceptors (Lipinski definition) is 4. The van der Waals surface area contributed by atoms with Gasteiger partial charge in [0.05, 0.1) is 0 Å². The SMILES string of the molecule is NCCCCC(=O)OC(=O)C(F)(F)F. The lowest BCUT2D eigenvalue weighted by Crippen LogP contribution is -2.27. The molecule has 0 rings (SSSR count). The fourth-order valence-corrected chi connectivity index (χ4v) is 0.626. The first kappa shape index (κ1) is 12.9. The number of unbranched alkanes of at least 4 members (excludes halogenated alkanes) is 1. The Bertz CT molecular complexity index is 215. The summed E-state index contributed by atoms with van der Waals surface area (Å²) in [7, 11) is 0. The zero-order valence-electron chi connectivity index (χ0n) is 7.26. The van der Waals surface area contributed by atoms with Gasteiger partial charge >= 0.3 is 18.1 Å². The summed E-state index contributed by atoms with van der Waals surface area (Å²) in [5, 5.41) is 0. The van der Waals surface area contributed by atoms with E-state index in [1.165, 1.54) is 0 Å². The van der Waals surface area contributed by atoms with Crippen molar-refractivity contribution in [3.05, 3.63) is 0 Å². The molecule has 82 valence electrons. The minimum absolute atomic E-state index is 0.237. The smallest absolute Gasteiger partial charge is 0.386 e. The molecule has 2 N–H and O–H groups in total. The molecule has 0 unspecified atom stereocenters. The van der Waals surface area contributed by atoms with Gasteiger partial charge in [-0.2, -0.15) is 13.2 Å². The second kappa shape index (κ2) is 5.58. The highest BCUT2D eigenvalue weighted by atomic mass is 19.4. The molecular weight excluding hydrogens is 203 g/mol. The summed E-state index contributed by atoms with van der Waals surface area (Å²) in [6, 6.07) is 0. The molecule has 0 aromatic carbocycles. The predicted molar refractivity (Wildman–Crippen MR) is 40.1 cm³/mol. The van der Waals surface area contributed by atoms with Crippen LogP contribution in [0.3, 0.4) is 0 Å². The summed E-state index contributed by atoms with van der Waals surface area (Å²) < 4.78 is 38.2. The van der Waals surface area contributed by atoms with Crippen molar-refractivity contribution in [2.75, 3.05) is 6.54 Å². The van der Waals surface area contributed by atoms with E-state index in [-0.39, 0.29) is 6.42 Å². The van der Waals surface area contributed by atoms with E-state index in [0.29, 0.717) is 19.4 Å². The van der Waals surface area contributed by atoms with Gasteiger partial charge in [0.1, 0.15) is 0 Å². The van der Waals surface area contributed by atoms with Crippen LogP contribution in [0.25, 0.3) is 0 Å². The summed E-state index contributed by atoms with van der Waals surface area (Å²) in [4.78, 5) is 20.7. The molecule has 0 saturated heterocycles. The molecule has 14 heavy (non-hydrogen) atoms. The Hall–Kier alpha value is -1.11. The molecule has 0 aromatic heterocycles. The summed E-state index contributed by atoms with van der Waals surface area (Å²) in [6.45, 7) is 0.334. The van der Waals surface area contributed by atoms with Crippen LogP contribution in [0.4, 0.5) is 13.2 Å². The molecule has 0 bridgehead atoms. The number of carbonyl (C=O) groups excluding carboxylic acids is 2. The van der Waals surface area contributed by atoms with E-state index < -0.39 is 18.1 Å². The van der Waals surface area contributed by atoms with Crippen molar-refractivity contribution < 1.29 is 27.5 Å². The quantitative estimate of drug-likeness (QED) is 0.425. The Morgan fingerprint density at radius 2 is 1.79 bits per heavy atom. The minimum Gasteiger partial charge on any atom is -0.386 e. The first-order valence-electron chi connectivity index (χ1n) is 3.90. The highest BCUT2D eigenvalue weighted by molar-refractivity contribution is 5.88. The zero-order valence-corrected chi connectivity index (χ0v) is 7.26. The van der Waals surface area contributed by atoms with Crippen LogP contribution in [0, 0.1) is 0 Å². The van der Waals surface area contributed by atoms with E-state index in [2.05, 4.69) is 4.74 Å². The van der Waals surface area contributed by atoms with Crippen molar-refractivity contribution in [3.63, 3.8) is 0 Å². The maximum atomic E-state index is 11.6. The number of halogens is 3. The van der Waals surface area contributed by atoms with Crippen molar-refractivity contribution in [2.45, 2.75) is 25.4 Å². The Morgan fingerprint density at radius 1 is 1.21 bits per heavy atom. The maximum absolute atomic E-state index is 11.6. The van der Waals surface area contributed by atoms with Crippen molar-refractivity contribution in [2.24, 2.45) is 5.73 Å². The number of rotatable bonds is 4. The van der Waals surface area contributed by atoms with Crippen LogP contribution < -0.4 is 5.73 Å². The molecule has 4 nitrogen and oxygen atoms in total. The Kier molecular flexibility index (Phi) is 5.14. The van der Waals surface area contributed by atoms with Gasteiger partial charge in [-0.25, -0.2) is 4.79 Å². The molecular formula is C7H10F3NO3.